The second-order valence-corrected chi connectivity index (χ2v) is 4.90. The predicted molar refractivity (Wildman–Crippen MR) is 73.0 cm³/mol. The Hall–Kier alpha value is -1.43. The van der Waals surface area contributed by atoms with Crippen molar-refractivity contribution >= 4 is 5.91 Å². The van der Waals surface area contributed by atoms with E-state index < -0.39 is 0 Å². The Labute approximate surface area is 113 Å². The first-order valence-electron chi connectivity index (χ1n) is 6.59. The molecule has 19 heavy (non-hydrogen) atoms. The largest absolute Gasteiger partial charge is 0.368 e. The van der Waals surface area contributed by atoms with E-state index in [1.165, 1.54) is 0 Å². The number of rotatable bonds is 5. The number of benzene rings is 1. The zero-order valence-electron chi connectivity index (χ0n) is 11.2. The number of nitrogens with zero attached hydrogens (tertiary/aromatic N) is 1. The molecule has 0 bridgehead atoms. The van der Waals surface area contributed by atoms with E-state index in [4.69, 9.17) is 10.6 Å². The van der Waals surface area contributed by atoms with Crippen molar-refractivity contribution in [3.05, 3.63) is 35.9 Å². The first-order valence-corrected chi connectivity index (χ1v) is 6.59. The van der Waals surface area contributed by atoms with Crippen LogP contribution in [0.15, 0.2) is 30.3 Å². The molecule has 1 aromatic carbocycles. The average molecular weight is 263 g/mol. The van der Waals surface area contributed by atoms with Crippen molar-refractivity contribution in [1.82, 2.24) is 10.4 Å². The predicted octanol–water partition coefficient (Wildman–Crippen LogP) is 0.656. The molecular formula is C14H21N3O2. The highest BCUT2D eigenvalue weighted by atomic mass is 16.7. The lowest BCUT2D eigenvalue weighted by molar-refractivity contribution is -0.182. The first kappa shape index (κ1) is 14.0. The van der Waals surface area contributed by atoms with Gasteiger partial charge in [-0.25, -0.2) is 0 Å². The van der Waals surface area contributed by atoms with Gasteiger partial charge in [0.15, 0.2) is 0 Å². The van der Waals surface area contributed by atoms with Gasteiger partial charge < -0.3 is 11.1 Å². The van der Waals surface area contributed by atoms with Crippen LogP contribution in [0.25, 0.3) is 0 Å². The Morgan fingerprint density at radius 2 is 2.16 bits per heavy atom. The standard InChI is InChI=1S/C14H21N3O2/c1-17(19-10-11-5-3-2-4-6-11)12-7-8-13(14(15)18)16-9-12/h2-6,12-13,16H,7-10H2,1H3,(H2,15,18). The van der Waals surface area contributed by atoms with Crippen molar-refractivity contribution in [2.24, 2.45) is 5.73 Å². The number of carbonyl (C=O) groups excluding carboxylic acids is 1. The number of piperidine rings is 1. The van der Waals surface area contributed by atoms with Crippen molar-refractivity contribution in [2.45, 2.75) is 31.5 Å². The normalized spacial score (nSPS) is 23.5. The van der Waals surface area contributed by atoms with Gasteiger partial charge in [-0.05, 0) is 18.4 Å². The molecule has 3 N–H and O–H groups in total. The molecule has 1 heterocycles. The summed E-state index contributed by atoms with van der Waals surface area (Å²) < 4.78 is 0. The van der Waals surface area contributed by atoms with Gasteiger partial charge in [0.2, 0.25) is 5.91 Å². The number of nitrogens with one attached hydrogen (secondary N) is 1. The van der Waals surface area contributed by atoms with E-state index in [1.54, 1.807) is 0 Å². The number of hydrogen-bond donors (Lipinski definition) is 2. The Bertz CT molecular complexity index is 402. The molecule has 0 aliphatic carbocycles. The van der Waals surface area contributed by atoms with E-state index in [1.807, 2.05) is 42.4 Å². The molecule has 5 heteroatoms. The fourth-order valence-corrected chi connectivity index (χ4v) is 2.25. The highest BCUT2D eigenvalue weighted by Gasteiger charge is 2.26. The fourth-order valence-electron chi connectivity index (χ4n) is 2.25. The molecular weight excluding hydrogens is 242 g/mol. The molecule has 1 aliphatic heterocycles. The molecule has 0 saturated carbocycles. The minimum absolute atomic E-state index is 0.196. The average Bonchev–Trinajstić information content (AvgIpc) is 2.46. The monoisotopic (exact) mass is 263 g/mol. The molecule has 2 rings (SSSR count). The summed E-state index contributed by atoms with van der Waals surface area (Å²) in [7, 11) is 1.93. The summed E-state index contributed by atoms with van der Waals surface area (Å²) in [5.41, 5.74) is 6.42. The van der Waals surface area contributed by atoms with Crippen LogP contribution in [0.4, 0.5) is 0 Å². The van der Waals surface area contributed by atoms with Gasteiger partial charge in [-0.1, -0.05) is 30.3 Å². The second kappa shape index (κ2) is 6.65. The van der Waals surface area contributed by atoms with Gasteiger partial charge in [-0.2, -0.15) is 5.06 Å². The quantitative estimate of drug-likeness (QED) is 0.766. The summed E-state index contributed by atoms with van der Waals surface area (Å²) in [4.78, 5) is 16.8. The zero-order valence-corrected chi connectivity index (χ0v) is 11.2. The fraction of sp³-hybridized carbons (Fsp3) is 0.500. The van der Waals surface area contributed by atoms with Crippen molar-refractivity contribution in [3.8, 4) is 0 Å². The van der Waals surface area contributed by atoms with Crippen LogP contribution in [0.2, 0.25) is 0 Å². The van der Waals surface area contributed by atoms with Gasteiger partial charge in [-0.3, -0.25) is 9.63 Å². The summed E-state index contributed by atoms with van der Waals surface area (Å²) >= 11 is 0. The van der Waals surface area contributed by atoms with E-state index in [0.717, 1.165) is 24.9 Å². The molecule has 0 spiro atoms. The van der Waals surface area contributed by atoms with Gasteiger partial charge in [0.25, 0.3) is 0 Å². The van der Waals surface area contributed by atoms with E-state index in [-0.39, 0.29) is 18.0 Å². The molecule has 2 unspecified atom stereocenters. The summed E-state index contributed by atoms with van der Waals surface area (Å²) in [6.45, 7) is 1.28. The van der Waals surface area contributed by atoms with Gasteiger partial charge >= 0.3 is 0 Å². The molecule has 1 fully saturated rings. The smallest absolute Gasteiger partial charge is 0.234 e. The Morgan fingerprint density at radius 1 is 1.42 bits per heavy atom. The summed E-state index contributed by atoms with van der Waals surface area (Å²) in [6.07, 6.45) is 1.67. The van der Waals surface area contributed by atoms with Crippen LogP contribution in [0.5, 0.6) is 0 Å². The van der Waals surface area contributed by atoms with Crippen molar-refractivity contribution in [1.29, 1.82) is 0 Å². The lowest BCUT2D eigenvalue weighted by Crippen LogP contribution is -2.52. The topological polar surface area (TPSA) is 67.6 Å². The number of hydrogen-bond acceptors (Lipinski definition) is 4. The highest BCUT2D eigenvalue weighted by Crippen LogP contribution is 2.14. The van der Waals surface area contributed by atoms with E-state index in [0.29, 0.717) is 6.61 Å². The summed E-state index contributed by atoms with van der Waals surface area (Å²) in [5, 5.41) is 5.02. The Kier molecular flexibility index (Phi) is 4.90. The van der Waals surface area contributed by atoms with Crippen molar-refractivity contribution in [2.75, 3.05) is 13.6 Å². The minimum atomic E-state index is -0.272. The third-order valence-electron chi connectivity index (χ3n) is 3.52. The number of carbonyl (C=O) groups is 1. The van der Waals surface area contributed by atoms with Crippen LogP contribution in [0, 0.1) is 0 Å². The number of likely N-dealkylation sites (N-methyl/N-ethyl adjacent to an activating group) is 1. The van der Waals surface area contributed by atoms with Crippen LogP contribution in [0.1, 0.15) is 18.4 Å². The summed E-state index contributed by atoms with van der Waals surface area (Å²) in [5.74, 6) is -0.272. The molecule has 5 nitrogen and oxygen atoms in total. The van der Waals surface area contributed by atoms with Crippen LogP contribution < -0.4 is 11.1 Å². The summed E-state index contributed by atoms with van der Waals surface area (Å²) in [6, 6.07) is 10.1. The van der Waals surface area contributed by atoms with Gasteiger partial charge in [-0.15, -0.1) is 0 Å². The van der Waals surface area contributed by atoms with Crippen LogP contribution >= 0.6 is 0 Å². The molecule has 0 radical (unpaired) electrons. The number of amides is 1. The third-order valence-corrected chi connectivity index (χ3v) is 3.52. The Balaban J connectivity index is 1.75. The molecule has 0 aromatic heterocycles. The number of primary amides is 1. The highest BCUT2D eigenvalue weighted by molar-refractivity contribution is 5.79. The van der Waals surface area contributed by atoms with Gasteiger partial charge in [0.05, 0.1) is 12.6 Å². The van der Waals surface area contributed by atoms with Crippen molar-refractivity contribution in [3.63, 3.8) is 0 Å². The molecule has 1 aliphatic rings. The Morgan fingerprint density at radius 3 is 2.74 bits per heavy atom. The molecule has 1 saturated heterocycles. The zero-order chi connectivity index (χ0) is 13.7. The van der Waals surface area contributed by atoms with Gasteiger partial charge in [0, 0.05) is 19.6 Å². The molecule has 1 amide bonds. The molecule has 1 aromatic rings. The van der Waals surface area contributed by atoms with E-state index in [2.05, 4.69) is 5.32 Å². The van der Waals surface area contributed by atoms with Crippen LogP contribution in [0.3, 0.4) is 0 Å². The van der Waals surface area contributed by atoms with Crippen molar-refractivity contribution < 1.29 is 9.63 Å². The lowest BCUT2D eigenvalue weighted by atomic mass is 10.0. The first-order chi connectivity index (χ1) is 9.16. The van der Waals surface area contributed by atoms with Gasteiger partial charge in [0.1, 0.15) is 0 Å². The number of hydroxylamine groups is 2. The van der Waals surface area contributed by atoms with Crippen LogP contribution in [-0.4, -0.2) is 36.6 Å². The molecule has 104 valence electrons. The minimum Gasteiger partial charge on any atom is -0.368 e. The van der Waals surface area contributed by atoms with E-state index >= 15 is 0 Å². The maximum Gasteiger partial charge on any atom is 0.234 e. The van der Waals surface area contributed by atoms with Crippen LogP contribution in [-0.2, 0) is 16.2 Å². The third kappa shape index (κ3) is 4.02. The second-order valence-electron chi connectivity index (χ2n) is 4.90. The maximum absolute atomic E-state index is 11.1. The SMILES string of the molecule is CN(OCc1ccccc1)C1CCC(C(N)=O)NC1. The lowest BCUT2D eigenvalue weighted by Gasteiger charge is -2.33. The maximum atomic E-state index is 11.1. The number of nitrogens with two attached hydrogens (primary N) is 1. The van der Waals surface area contributed by atoms with E-state index in [9.17, 15) is 4.79 Å². The molecule has 2 atom stereocenters.